The van der Waals surface area contributed by atoms with Crippen molar-refractivity contribution in [3.05, 3.63) is 30.1 Å². The van der Waals surface area contributed by atoms with Gasteiger partial charge >= 0.3 is 0 Å². The van der Waals surface area contributed by atoms with Gasteiger partial charge in [-0.25, -0.2) is 4.39 Å². The molecule has 0 heterocycles. The third-order valence-electron chi connectivity index (χ3n) is 1.68. The molecule has 1 aromatic carbocycles. The second-order valence-electron chi connectivity index (χ2n) is 2.80. The van der Waals surface area contributed by atoms with E-state index in [9.17, 15) is 4.39 Å². The van der Waals surface area contributed by atoms with E-state index in [4.69, 9.17) is 5.73 Å². The molecule has 0 aliphatic rings. The van der Waals surface area contributed by atoms with Crippen LogP contribution in [0.4, 0.5) is 4.39 Å². The summed E-state index contributed by atoms with van der Waals surface area (Å²) in [4.78, 5) is 1.12. The van der Waals surface area contributed by atoms with E-state index < -0.39 is 0 Å². The van der Waals surface area contributed by atoms with Crippen molar-refractivity contribution in [1.29, 1.82) is 0 Å². The average molecular weight is 236 g/mol. The van der Waals surface area contributed by atoms with Crippen LogP contribution in [0.15, 0.2) is 29.2 Å². The minimum atomic E-state index is -0.175. The summed E-state index contributed by atoms with van der Waals surface area (Å²) in [6.07, 6.45) is 2.19. The monoisotopic (exact) mass is 235 g/mol. The zero-order chi connectivity index (χ0) is 9.52. The van der Waals surface area contributed by atoms with Crippen LogP contribution < -0.4 is 5.73 Å². The highest BCUT2D eigenvalue weighted by atomic mass is 35.5. The fourth-order valence-electron chi connectivity index (χ4n) is 0.967. The fourth-order valence-corrected chi connectivity index (χ4v) is 1.88. The molecule has 0 aliphatic heterocycles. The molecule has 0 amide bonds. The lowest BCUT2D eigenvalue weighted by Crippen LogP contribution is -1.98. The Bertz CT molecular complexity index is 240. The van der Waals surface area contributed by atoms with Gasteiger partial charge in [0, 0.05) is 4.90 Å². The highest BCUT2D eigenvalue weighted by Crippen LogP contribution is 2.18. The van der Waals surface area contributed by atoms with Gasteiger partial charge in [-0.3, -0.25) is 0 Å². The summed E-state index contributed by atoms with van der Waals surface area (Å²) >= 11 is 1.75. The van der Waals surface area contributed by atoms with Gasteiger partial charge in [-0.1, -0.05) is 0 Å². The SMILES string of the molecule is Cl.NCCCCSc1ccc(F)cc1. The van der Waals surface area contributed by atoms with Crippen LogP contribution in [0.1, 0.15) is 12.8 Å². The highest BCUT2D eigenvalue weighted by molar-refractivity contribution is 7.99. The minimum absolute atomic E-state index is 0. The van der Waals surface area contributed by atoms with E-state index in [1.807, 2.05) is 12.1 Å². The molecular weight excluding hydrogens is 221 g/mol. The van der Waals surface area contributed by atoms with Crippen LogP contribution >= 0.6 is 24.2 Å². The van der Waals surface area contributed by atoms with Crippen molar-refractivity contribution in [1.82, 2.24) is 0 Å². The Labute approximate surface area is 94.7 Å². The second-order valence-corrected chi connectivity index (χ2v) is 3.97. The predicted octanol–water partition coefficient (Wildman–Crippen LogP) is 3.08. The molecule has 1 aromatic rings. The molecule has 0 aromatic heterocycles. The van der Waals surface area contributed by atoms with Crippen LogP contribution in [-0.2, 0) is 0 Å². The van der Waals surface area contributed by atoms with Crippen molar-refractivity contribution in [2.75, 3.05) is 12.3 Å². The first kappa shape index (κ1) is 13.8. The molecule has 0 saturated heterocycles. The molecule has 0 unspecified atom stereocenters. The Balaban J connectivity index is 0.00000169. The summed E-state index contributed by atoms with van der Waals surface area (Å²) in [5.41, 5.74) is 5.37. The lowest BCUT2D eigenvalue weighted by molar-refractivity contribution is 0.626. The van der Waals surface area contributed by atoms with Gasteiger partial charge < -0.3 is 5.73 Å². The van der Waals surface area contributed by atoms with Gasteiger partial charge in [0.25, 0.3) is 0 Å². The highest BCUT2D eigenvalue weighted by Gasteiger charge is 1.94. The zero-order valence-corrected chi connectivity index (χ0v) is 9.54. The van der Waals surface area contributed by atoms with Crippen LogP contribution in [0.2, 0.25) is 0 Å². The third-order valence-corrected chi connectivity index (χ3v) is 2.78. The Kier molecular flexibility index (Phi) is 7.95. The third kappa shape index (κ3) is 5.47. The van der Waals surface area contributed by atoms with Crippen molar-refractivity contribution < 1.29 is 4.39 Å². The zero-order valence-electron chi connectivity index (χ0n) is 7.91. The van der Waals surface area contributed by atoms with Crippen LogP contribution in [-0.4, -0.2) is 12.3 Å². The van der Waals surface area contributed by atoms with Crippen LogP contribution in [0.25, 0.3) is 0 Å². The number of hydrogen-bond acceptors (Lipinski definition) is 2. The molecule has 1 rings (SSSR count). The topological polar surface area (TPSA) is 26.0 Å². The summed E-state index contributed by atoms with van der Waals surface area (Å²) in [6, 6.07) is 6.60. The summed E-state index contributed by atoms with van der Waals surface area (Å²) in [5, 5.41) is 0. The Hall–Kier alpha value is -0.250. The first-order chi connectivity index (χ1) is 6.33. The van der Waals surface area contributed by atoms with Gasteiger partial charge in [-0.2, -0.15) is 0 Å². The van der Waals surface area contributed by atoms with Crippen molar-refractivity contribution in [2.24, 2.45) is 5.73 Å². The number of nitrogens with two attached hydrogens (primary N) is 1. The van der Waals surface area contributed by atoms with E-state index in [2.05, 4.69) is 0 Å². The molecule has 0 saturated carbocycles. The van der Waals surface area contributed by atoms with Gasteiger partial charge in [0.05, 0.1) is 0 Å². The summed E-state index contributed by atoms with van der Waals surface area (Å²) in [5.74, 6) is 0.884. The van der Waals surface area contributed by atoms with Crippen molar-refractivity contribution in [3.8, 4) is 0 Å². The first-order valence-electron chi connectivity index (χ1n) is 4.41. The Morgan fingerprint density at radius 3 is 2.36 bits per heavy atom. The van der Waals surface area contributed by atoms with Gasteiger partial charge in [0.2, 0.25) is 0 Å². The fraction of sp³-hybridized carbons (Fsp3) is 0.400. The number of halogens is 2. The molecule has 1 nitrogen and oxygen atoms in total. The average Bonchev–Trinajstić information content (AvgIpc) is 2.15. The molecule has 14 heavy (non-hydrogen) atoms. The largest absolute Gasteiger partial charge is 0.330 e. The predicted molar refractivity (Wildman–Crippen MR) is 62.7 cm³/mol. The molecule has 0 bridgehead atoms. The van der Waals surface area contributed by atoms with Gasteiger partial charge in [-0.05, 0) is 49.4 Å². The maximum atomic E-state index is 12.5. The lowest BCUT2D eigenvalue weighted by Gasteiger charge is -2.00. The molecule has 0 atom stereocenters. The molecule has 4 heteroatoms. The quantitative estimate of drug-likeness (QED) is 0.627. The number of thioether (sulfide) groups is 1. The number of benzene rings is 1. The molecule has 0 fully saturated rings. The molecule has 2 N–H and O–H groups in total. The summed E-state index contributed by atoms with van der Waals surface area (Å²) in [7, 11) is 0. The van der Waals surface area contributed by atoms with Crippen molar-refractivity contribution in [2.45, 2.75) is 17.7 Å². The van der Waals surface area contributed by atoms with Crippen molar-refractivity contribution >= 4 is 24.2 Å². The number of rotatable bonds is 5. The molecule has 80 valence electrons. The maximum Gasteiger partial charge on any atom is 0.123 e. The Morgan fingerprint density at radius 1 is 1.14 bits per heavy atom. The summed E-state index contributed by atoms with van der Waals surface area (Å²) in [6.45, 7) is 0.754. The molecule has 0 spiro atoms. The smallest absolute Gasteiger partial charge is 0.123 e. The lowest BCUT2D eigenvalue weighted by atomic mass is 10.3. The van der Waals surface area contributed by atoms with Crippen molar-refractivity contribution in [3.63, 3.8) is 0 Å². The molecular formula is C10H15ClFNS. The molecule has 0 radical (unpaired) electrons. The van der Waals surface area contributed by atoms with E-state index >= 15 is 0 Å². The second kappa shape index (κ2) is 8.09. The number of unbranched alkanes of at least 4 members (excludes halogenated alkanes) is 1. The van der Waals surface area contributed by atoms with Crippen LogP contribution in [0.5, 0.6) is 0 Å². The molecule has 0 aliphatic carbocycles. The van der Waals surface area contributed by atoms with E-state index in [1.54, 1.807) is 11.8 Å². The van der Waals surface area contributed by atoms with E-state index in [0.29, 0.717) is 0 Å². The standard InChI is InChI=1S/C10H14FNS.ClH/c11-9-3-5-10(6-4-9)13-8-2-1-7-12;/h3-6H,1-2,7-8,12H2;1H. The van der Waals surface area contributed by atoms with Crippen LogP contribution in [0.3, 0.4) is 0 Å². The maximum absolute atomic E-state index is 12.5. The van der Waals surface area contributed by atoms with E-state index in [-0.39, 0.29) is 18.2 Å². The van der Waals surface area contributed by atoms with E-state index in [1.165, 1.54) is 12.1 Å². The summed E-state index contributed by atoms with van der Waals surface area (Å²) < 4.78 is 12.5. The van der Waals surface area contributed by atoms with Crippen LogP contribution in [0, 0.1) is 5.82 Å². The van der Waals surface area contributed by atoms with Gasteiger partial charge in [-0.15, -0.1) is 24.2 Å². The minimum Gasteiger partial charge on any atom is -0.330 e. The van der Waals surface area contributed by atoms with E-state index in [0.717, 1.165) is 30.0 Å². The Morgan fingerprint density at radius 2 is 1.79 bits per heavy atom. The van der Waals surface area contributed by atoms with Gasteiger partial charge in [0.1, 0.15) is 5.82 Å². The van der Waals surface area contributed by atoms with Gasteiger partial charge in [0.15, 0.2) is 0 Å². The normalized spacial score (nSPS) is 9.57. The number of hydrogen-bond donors (Lipinski definition) is 1. The first-order valence-corrected chi connectivity index (χ1v) is 5.40.